The van der Waals surface area contributed by atoms with Crippen molar-refractivity contribution < 1.29 is 52.3 Å². The molecule has 0 aliphatic carbocycles. The summed E-state index contributed by atoms with van der Waals surface area (Å²) in [7, 11) is -3.28. The van der Waals surface area contributed by atoms with E-state index in [1.54, 1.807) is 13.8 Å². The number of unbranched alkanes of at least 4 members (excludes halogenated alkanes) is 6. The number of carbonyl (C=O) groups excluding carboxylic acids is 4. The highest BCUT2D eigenvalue weighted by molar-refractivity contribution is 8.00. The molecule has 20 nitrogen and oxygen atoms in total. The molecule has 0 aromatic carbocycles. The number of aliphatic hydroxyl groups is 1. The smallest absolute Gasteiger partial charge is 0.386 e. The summed E-state index contributed by atoms with van der Waals surface area (Å²) in [5.74, 6) is 0.433. The minimum atomic E-state index is -4.63. The Labute approximate surface area is 360 Å². The van der Waals surface area contributed by atoms with Gasteiger partial charge in [0.05, 0.1) is 30.9 Å². The van der Waals surface area contributed by atoms with Gasteiger partial charge in [0, 0.05) is 62.9 Å². The molecule has 4 rings (SSSR count). The third kappa shape index (κ3) is 16.9. The molecule has 61 heavy (non-hydrogen) atoms. The molecule has 0 spiro atoms. The summed E-state index contributed by atoms with van der Waals surface area (Å²) in [5.41, 5.74) is -1.81. The fourth-order valence-corrected chi connectivity index (χ4v) is 9.81. The second-order valence-corrected chi connectivity index (χ2v) is 18.6. The van der Waals surface area contributed by atoms with E-state index in [0.717, 1.165) is 80.4 Å². The second kappa shape index (κ2) is 25.5. The molecule has 344 valence electrons. The Balaban J connectivity index is 1.03. The fraction of sp³-hybridized carbons (Fsp3) is 0.744. The van der Waals surface area contributed by atoms with E-state index in [2.05, 4.69) is 31.6 Å². The Bertz CT molecular complexity index is 1800. The minimum absolute atomic E-state index is 0.00157. The van der Waals surface area contributed by atoms with Gasteiger partial charge in [-0.3, -0.25) is 37.8 Å². The van der Waals surface area contributed by atoms with Gasteiger partial charge in [0.25, 0.3) is 5.56 Å². The molecule has 22 heteroatoms. The molecule has 5 amide bonds. The molecular formula is C39H64N7O13PS. The van der Waals surface area contributed by atoms with Gasteiger partial charge in [0.1, 0.15) is 18.3 Å². The van der Waals surface area contributed by atoms with Crippen LogP contribution in [0.25, 0.3) is 6.08 Å². The van der Waals surface area contributed by atoms with Crippen LogP contribution in [0.15, 0.2) is 21.9 Å². The van der Waals surface area contributed by atoms with E-state index in [-0.39, 0.29) is 54.6 Å². The number of fused-ring (bicyclic) bond motifs is 1. The summed E-state index contributed by atoms with van der Waals surface area (Å²) < 4.78 is 34.5. The van der Waals surface area contributed by atoms with Crippen LogP contribution >= 0.6 is 19.6 Å². The van der Waals surface area contributed by atoms with Crippen LogP contribution < -0.4 is 37.8 Å². The highest BCUT2D eigenvalue weighted by Gasteiger charge is 2.49. The van der Waals surface area contributed by atoms with Crippen LogP contribution in [0.2, 0.25) is 0 Å². The van der Waals surface area contributed by atoms with Crippen molar-refractivity contribution in [2.24, 2.45) is 5.92 Å². The second-order valence-electron chi connectivity index (χ2n) is 15.9. The van der Waals surface area contributed by atoms with Gasteiger partial charge in [0.15, 0.2) is 6.23 Å². The van der Waals surface area contributed by atoms with E-state index in [9.17, 15) is 43.3 Å². The average molecular weight is 902 g/mol. The summed E-state index contributed by atoms with van der Waals surface area (Å²) in [4.78, 5) is 85.9. The van der Waals surface area contributed by atoms with Crippen molar-refractivity contribution in [3.8, 4) is 0 Å². The van der Waals surface area contributed by atoms with Gasteiger partial charge in [-0.15, -0.1) is 0 Å². The summed E-state index contributed by atoms with van der Waals surface area (Å²) in [5, 5.41) is 26.0. The van der Waals surface area contributed by atoms with Crippen LogP contribution in [-0.4, -0.2) is 125 Å². The number of methoxy groups -OCH3 is 1. The molecule has 4 heterocycles. The molecular weight excluding hydrogens is 838 g/mol. The lowest BCUT2D eigenvalue weighted by molar-refractivity contribution is -0.122. The van der Waals surface area contributed by atoms with Gasteiger partial charge in [-0.25, -0.2) is 14.2 Å². The number of rotatable bonds is 28. The van der Waals surface area contributed by atoms with E-state index >= 15 is 0 Å². The SMILES string of the molecule is COCC1OC(n2cc(/C=C/C(=O)NCCCCCCNC(=O)CCCCCNC(=O)CCCC[C@@H]3SC[C@@H]4NC(=O)N[C@@H]43)c(=O)[nH]c2=O)C(O)C1OP(=O)(O)OCC(C)C. The van der Waals surface area contributed by atoms with Crippen molar-refractivity contribution in [3.05, 3.63) is 38.7 Å². The largest absolute Gasteiger partial charge is 0.472 e. The van der Waals surface area contributed by atoms with Gasteiger partial charge in [-0.1, -0.05) is 39.5 Å². The van der Waals surface area contributed by atoms with Crippen LogP contribution in [0, 0.1) is 5.92 Å². The molecule has 3 aliphatic rings. The first-order chi connectivity index (χ1) is 29.2. The number of nitrogens with zero attached hydrogens (tertiary/aromatic N) is 1. The lowest BCUT2D eigenvalue weighted by atomic mass is 10.0. The van der Waals surface area contributed by atoms with Gasteiger partial charge >= 0.3 is 19.5 Å². The van der Waals surface area contributed by atoms with E-state index < -0.39 is 49.5 Å². The van der Waals surface area contributed by atoms with Crippen LogP contribution in [0.4, 0.5) is 4.79 Å². The number of hydrogen-bond donors (Lipinski definition) is 8. The first kappa shape index (κ1) is 50.1. The minimum Gasteiger partial charge on any atom is -0.386 e. The van der Waals surface area contributed by atoms with Gasteiger partial charge in [-0.05, 0) is 50.5 Å². The van der Waals surface area contributed by atoms with Crippen LogP contribution in [0.1, 0.15) is 103 Å². The first-order valence-corrected chi connectivity index (χ1v) is 23.7. The Morgan fingerprint density at radius 1 is 0.967 bits per heavy atom. The summed E-state index contributed by atoms with van der Waals surface area (Å²) in [6, 6.07) is 0.331. The number of thioether (sulfide) groups is 1. The van der Waals surface area contributed by atoms with E-state index in [4.69, 9.17) is 18.5 Å². The zero-order valence-electron chi connectivity index (χ0n) is 35.3. The molecule has 1 aromatic rings. The third-order valence-corrected chi connectivity index (χ3v) is 12.9. The number of phosphoric acid groups is 1. The molecule has 5 unspecified atom stereocenters. The lowest BCUT2D eigenvalue weighted by Crippen LogP contribution is -2.39. The number of ether oxygens (including phenoxy) is 2. The number of aliphatic hydroxyl groups excluding tert-OH is 1. The quantitative estimate of drug-likeness (QED) is 0.0258. The number of hydrogen-bond acceptors (Lipinski definition) is 13. The van der Waals surface area contributed by atoms with Gasteiger partial charge < -0.3 is 46.1 Å². The summed E-state index contributed by atoms with van der Waals surface area (Å²) >= 11 is 1.88. The average Bonchev–Trinajstić information content (AvgIpc) is 3.86. The highest BCUT2D eigenvalue weighted by Crippen LogP contribution is 2.48. The zero-order valence-corrected chi connectivity index (χ0v) is 37.0. The number of carbonyl (C=O) groups is 4. The molecule has 8 atom stereocenters. The number of nitrogens with one attached hydrogen (secondary N) is 6. The number of aromatic amines is 1. The summed E-state index contributed by atoms with van der Waals surface area (Å²) in [6.07, 6.45) is 7.11. The lowest BCUT2D eigenvalue weighted by Gasteiger charge is -2.23. The monoisotopic (exact) mass is 901 g/mol. The molecule has 3 fully saturated rings. The fourth-order valence-electron chi connectivity index (χ4n) is 7.15. The summed E-state index contributed by atoms with van der Waals surface area (Å²) in [6.45, 7) is 4.83. The van der Waals surface area contributed by atoms with E-state index in [1.807, 2.05) is 11.8 Å². The Morgan fingerprint density at radius 3 is 2.26 bits per heavy atom. The predicted molar refractivity (Wildman–Crippen MR) is 228 cm³/mol. The van der Waals surface area contributed by atoms with E-state index in [1.165, 1.54) is 13.2 Å². The Kier molecular flexibility index (Phi) is 21.0. The highest BCUT2D eigenvalue weighted by atomic mass is 32.2. The van der Waals surface area contributed by atoms with Crippen molar-refractivity contribution in [3.63, 3.8) is 0 Å². The Hall–Kier alpha value is -3.56. The third-order valence-electron chi connectivity index (χ3n) is 10.4. The van der Waals surface area contributed by atoms with Crippen LogP contribution in [0.5, 0.6) is 0 Å². The first-order valence-electron chi connectivity index (χ1n) is 21.2. The number of H-pyrrole nitrogens is 1. The number of phosphoric ester groups is 1. The molecule has 3 saturated heterocycles. The molecule has 1 aromatic heterocycles. The standard InChI is InChI=1S/C39H64N7O13PS/c1-25(2)22-57-60(54,55)59-35-28(23-56-3)58-37(34(35)50)46-21-26(36(51)45-39(46)53)16-17-32(49)42-19-11-5-4-10-18-40-30(47)14-7-6-12-20-41-31(48)15-9-8-13-29-33-27(24-61-29)43-38(52)44-33/h16-17,21,25,27-29,33-35,37,50H,4-15,18-20,22-24H2,1-3H3,(H,40,47)(H,41,48)(H,42,49)(H,54,55)(H2,43,44,52)(H,45,51,53)/b17-16+/t27-,28?,29-,33-,34?,35?,37?/m0/s1. The molecule has 0 saturated carbocycles. The topological polar surface area (TPSA) is 278 Å². The maximum Gasteiger partial charge on any atom is 0.472 e. The molecule has 0 radical (unpaired) electrons. The molecule has 8 N–H and O–H groups in total. The number of urea groups is 1. The maximum absolute atomic E-state index is 12.7. The predicted octanol–water partition coefficient (Wildman–Crippen LogP) is 1.81. The van der Waals surface area contributed by atoms with Gasteiger partial charge in [0.2, 0.25) is 17.7 Å². The van der Waals surface area contributed by atoms with Gasteiger partial charge in [-0.2, -0.15) is 11.8 Å². The normalized spacial score (nSPS) is 24.4. The molecule has 0 bridgehead atoms. The molecule has 3 aliphatic heterocycles. The zero-order chi connectivity index (χ0) is 44.4. The van der Waals surface area contributed by atoms with E-state index in [0.29, 0.717) is 44.1 Å². The van der Waals surface area contributed by atoms with Crippen molar-refractivity contribution in [2.45, 2.75) is 133 Å². The van der Waals surface area contributed by atoms with Crippen molar-refractivity contribution >= 4 is 49.4 Å². The maximum atomic E-state index is 12.7. The van der Waals surface area contributed by atoms with Crippen LogP contribution in [0.3, 0.4) is 0 Å². The van der Waals surface area contributed by atoms with Crippen molar-refractivity contribution in [1.82, 2.24) is 36.1 Å². The Morgan fingerprint density at radius 2 is 1.61 bits per heavy atom. The van der Waals surface area contributed by atoms with Crippen LogP contribution in [-0.2, 0) is 37.5 Å². The van der Waals surface area contributed by atoms with Crippen molar-refractivity contribution in [1.29, 1.82) is 0 Å². The number of aromatic nitrogens is 2. The van der Waals surface area contributed by atoms with Crippen molar-refractivity contribution in [2.75, 3.05) is 45.7 Å². The number of amides is 5.